The molecular weight excluding hydrogens is 262 g/mol. The highest BCUT2D eigenvalue weighted by Gasteiger charge is 2.40. The molecule has 2 N–H and O–H groups in total. The molecule has 1 aliphatic carbocycles. The van der Waals surface area contributed by atoms with Crippen molar-refractivity contribution in [2.24, 2.45) is 11.7 Å². The normalized spacial score (nSPS) is 34.2. The van der Waals surface area contributed by atoms with Crippen molar-refractivity contribution >= 4 is 5.91 Å². The molecule has 0 unspecified atom stereocenters. The maximum absolute atomic E-state index is 12.3. The second-order valence-electron chi connectivity index (χ2n) is 7.27. The summed E-state index contributed by atoms with van der Waals surface area (Å²) >= 11 is 0. The van der Waals surface area contributed by atoms with Crippen molar-refractivity contribution in [1.29, 1.82) is 0 Å². The van der Waals surface area contributed by atoms with Crippen molar-refractivity contribution in [2.75, 3.05) is 13.6 Å². The minimum absolute atomic E-state index is 0.191. The van der Waals surface area contributed by atoms with Crippen LogP contribution in [0.25, 0.3) is 0 Å². The number of nitrogens with two attached hydrogens (primary N) is 1. The van der Waals surface area contributed by atoms with Crippen LogP contribution in [-0.2, 0) is 4.79 Å². The number of hydrogen-bond donors (Lipinski definition) is 1. The molecule has 2 fully saturated rings. The molecule has 21 heavy (non-hydrogen) atoms. The van der Waals surface area contributed by atoms with Gasteiger partial charge in [-0.3, -0.25) is 4.79 Å². The molecule has 4 atom stereocenters. The molecule has 0 aromatic carbocycles. The van der Waals surface area contributed by atoms with Gasteiger partial charge in [-0.05, 0) is 58.9 Å². The van der Waals surface area contributed by atoms with E-state index in [1.54, 1.807) is 0 Å². The molecule has 1 saturated carbocycles. The Hall–Kier alpha value is -0.610. The Kier molecular flexibility index (Phi) is 5.67. The Morgan fingerprint density at radius 2 is 2.05 bits per heavy atom. The maximum atomic E-state index is 12.3. The summed E-state index contributed by atoms with van der Waals surface area (Å²) in [5.74, 6) is 0.834. The molecule has 0 aromatic rings. The zero-order valence-corrected chi connectivity index (χ0v) is 14.2. The smallest absolute Gasteiger partial charge is 0.239 e. The lowest BCUT2D eigenvalue weighted by Gasteiger charge is -2.44. The van der Waals surface area contributed by atoms with Gasteiger partial charge in [-0.25, -0.2) is 0 Å². The number of carbonyl (C=O) groups excluding carboxylic acids is 1. The van der Waals surface area contributed by atoms with Crippen LogP contribution in [-0.4, -0.2) is 53.5 Å². The van der Waals surface area contributed by atoms with E-state index in [1.807, 2.05) is 0 Å². The lowest BCUT2D eigenvalue weighted by Crippen LogP contribution is -2.51. The van der Waals surface area contributed by atoms with E-state index < -0.39 is 0 Å². The third-order valence-electron chi connectivity index (χ3n) is 5.65. The van der Waals surface area contributed by atoms with Crippen LogP contribution in [0.5, 0.6) is 0 Å². The van der Waals surface area contributed by atoms with E-state index in [4.69, 9.17) is 5.73 Å². The molecule has 0 spiro atoms. The SMILES string of the molecule is CCC[C@H]1C[C@H](N(C)C(C)C)CC[C@@H]1N1CC[C@H](N)C1=O. The molecule has 1 amide bonds. The van der Waals surface area contributed by atoms with E-state index in [1.165, 1.54) is 25.7 Å². The zero-order valence-electron chi connectivity index (χ0n) is 14.2. The van der Waals surface area contributed by atoms with Gasteiger partial charge in [0.05, 0.1) is 6.04 Å². The topological polar surface area (TPSA) is 49.6 Å². The Morgan fingerprint density at radius 3 is 2.57 bits per heavy atom. The van der Waals surface area contributed by atoms with Gasteiger partial charge in [0.2, 0.25) is 5.91 Å². The zero-order chi connectivity index (χ0) is 15.6. The highest BCUT2D eigenvalue weighted by atomic mass is 16.2. The molecule has 2 aliphatic rings. The summed E-state index contributed by atoms with van der Waals surface area (Å²) in [6.45, 7) is 7.66. The van der Waals surface area contributed by atoms with Crippen molar-refractivity contribution in [2.45, 2.75) is 83.5 Å². The number of hydrogen-bond acceptors (Lipinski definition) is 3. The number of likely N-dealkylation sites (tertiary alicyclic amines) is 1. The number of amides is 1. The molecule has 4 heteroatoms. The first-order chi connectivity index (χ1) is 9.95. The van der Waals surface area contributed by atoms with Gasteiger partial charge in [-0.1, -0.05) is 13.3 Å². The predicted molar refractivity (Wildman–Crippen MR) is 87.0 cm³/mol. The molecule has 0 aromatic heterocycles. The second-order valence-corrected chi connectivity index (χ2v) is 7.27. The van der Waals surface area contributed by atoms with E-state index >= 15 is 0 Å². The first-order valence-corrected chi connectivity index (χ1v) is 8.73. The Labute approximate surface area is 130 Å². The van der Waals surface area contributed by atoms with Crippen LogP contribution in [0.4, 0.5) is 0 Å². The maximum Gasteiger partial charge on any atom is 0.239 e. The molecule has 0 radical (unpaired) electrons. The van der Waals surface area contributed by atoms with Crippen LogP contribution < -0.4 is 5.73 Å². The van der Waals surface area contributed by atoms with Gasteiger partial charge in [-0.2, -0.15) is 0 Å². The van der Waals surface area contributed by atoms with E-state index in [0.29, 0.717) is 24.0 Å². The predicted octanol–water partition coefficient (Wildman–Crippen LogP) is 2.22. The quantitative estimate of drug-likeness (QED) is 0.846. The highest BCUT2D eigenvalue weighted by molar-refractivity contribution is 5.84. The minimum Gasteiger partial charge on any atom is -0.338 e. The van der Waals surface area contributed by atoms with Crippen LogP contribution in [0.3, 0.4) is 0 Å². The van der Waals surface area contributed by atoms with Gasteiger partial charge in [0.15, 0.2) is 0 Å². The number of nitrogens with zero attached hydrogens (tertiary/aromatic N) is 2. The molecule has 1 aliphatic heterocycles. The summed E-state index contributed by atoms with van der Waals surface area (Å²) in [4.78, 5) is 16.9. The standard InChI is InChI=1S/C17H33N3O/c1-5-6-13-11-14(19(4)12(2)3)7-8-16(13)20-10-9-15(18)17(20)21/h12-16H,5-11,18H2,1-4H3/t13-,14+,15-,16-/m0/s1. The first-order valence-electron chi connectivity index (χ1n) is 8.73. The van der Waals surface area contributed by atoms with Crippen LogP contribution >= 0.6 is 0 Å². The van der Waals surface area contributed by atoms with Crippen molar-refractivity contribution in [3.05, 3.63) is 0 Å². The lowest BCUT2D eigenvalue weighted by atomic mass is 9.77. The van der Waals surface area contributed by atoms with E-state index in [9.17, 15) is 4.79 Å². The van der Waals surface area contributed by atoms with Crippen LogP contribution in [0.15, 0.2) is 0 Å². The van der Waals surface area contributed by atoms with Crippen molar-refractivity contribution in [3.8, 4) is 0 Å². The largest absolute Gasteiger partial charge is 0.338 e. The fourth-order valence-corrected chi connectivity index (χ4v) is 4.16. The Morgan fingerprint density at radius 1 is 1.33 bits per heavy atom. The molecule has 4 nitrogen and oxygen atoms in total. The van der Waals surface area contributed by atoms with Crippen LogP contribution in [0.1, 0.15) is 59.3 Å². The van der Waals surface area contributed by atoms with Gasteiger partial charge in [0.1, 0.15) is 0 Å². The van der Waals surface area contributed by atoms with Crippen LogP contribution in [0, 0.1) is 5.92 Å². The van der Waals surface area contributed by atoms with Crippen molar-refractivity contribution in [3.63, 3.8) is 0 Å². The summed E-state index contributed by atoms with van der Waals surface area (Å²) < 4.78 is 0. The molecule has 0 bridgehead atoms. The van der Waals surface area contributed by atoms with Gasteiger partial charge < -0.3 is 15.5 Å². The molecule has 1 heterocycles. The molecule has 2 rings (SSSR count). The molecule has 1 saturated heterocycles. The number of carbonyl (C=O) groups is 1. The summed E-state index contributed by atoms with van der Waals surface area (Å²) in [5.41, 5.74) is 5.91. The van der Waals surface area contributed by atoms with E-state index in [-0.39, 0.29) is 11.9 Å². The fraction of sp³-hybridized carbons (Fsp3) is 0.941. The summed E-state index contributed by atoms with van der Waals surface area (Å²) in [6, 6.07) is 1.45. The highest BCUT2D eigenvalue weighted by Crippen LogP contribution is 2.36. The third-order valence-corrected chi connectivity index (χ3v) is 5.65. The van der Waals surface area contributed by atoms with Gasteiger partial charge in [0, 0.05) is 24.7 Å². The van der Waals surface area contributed by atoms with E-state index in [0.717, 1.165) is 19.4 Å². The van der Waals surface area contributed by atoms with Gasteiger partial charge >= 0.3 is 0 Å². The second kappa shape index (κ2) is 7.10. The summed E-state index contributed by atoms with van der Waals surface area (Å²) in [7, 11) is 2.25. The summed E-state index contributed by atoms with van der Waals surface area (Å²) in [5, 5.41) is 0. The first kappa shape index (κ1) is 16.8. The van der Waals surface area contributed by atoms with Gasteiger partial charge in [-0.15, -0.1) is 0 Å². The third kappa shape index (κ3) is 3.59. The number of rotatable bonds is 5. The van der Waals surface area contributed by atoms with Crippen molar-refractivity contribution in [1.82, 2.24) is 9.80 Å². The van der Waals surface area contributed by atoms with Gasteiger partial charge in [0.25, 0.3) is 0 Å². The molecular formula is C17H33N3O. The fourth-order valence-electron chi connectivity index (χ4n) is 4.16. The summed E-state index contributed by atoms with van der Waals surface area (Å²) in [6.07, 6.45) is 6.85. The Balaban J connectivity index is 2.05. The van der Waals surface area contributed by atoms with Crippen LogP contribution in [0.2, 0.25) is 0 Å². The molecule has 122 valence electrons. The monoisotopic (exact) mass is 295 g/mol. The Bertz CT molecular complexity index is 358. The van der Waals surface area contributed by atoms with E-state index in [2.05, 4.69) is 37.6 Å². The van der Waals surface area contributed by atoms with Crippen molar-refractivity contribution < 1.29 is 4.79 Å². The average molecular weight is 295 g/mol. The minimum atomic E-state index is -0.247. The lowest BCUT2D eigenvalue weighted by molar-refractivity contribution is -0.133. The average Bonchev–Trinajstić information content (AvgIpc) is 2.78.